The summed E-state index contributed by atoms with van der Waals surface area (Å²) in [5.74, 6) is 0.0388. The van der Waals surface area contributed by atoms with Gasteiger partial charge in [0.2, 0.25) is 0 Å². The zero-order chi connectivity index (χ0) is 10.8. The second-order valence-electron chi connectivity index (χ2n) is 3.71. The largest absolute Gasteiger partial charge is 0.457 e. The van der Waals surface area contributed by atoms with Crippen molar-refractivity contribution in [3.8, 4) is 0 Å². The fourth-order valence-corrected chi connectivity index (χ4v) is 2.03. The maximum Gasteiger partial charge on any atom is 0.257 e. The average molecular weight is 270 g/mol. The first-order chi connectivity index (χ1) is 7.16. The molecule has 2 heterocycles. The summed E-state index contributed by atoms with van der Waals surface area (Å²) in [4.78, 5) is 13.8. The molecule has 0 spiro atoms. The molecule has 80 valence electrons. The predicted octanol–water partition coefficient (Wildman–Crippen LogP) is 2.83. The van der Waals surface area contributed by atoms with Crippen LogP contribution in [0.15, 0.2) is 33.1 Å². The van der Waals surface area contributed by atoms with Crippen molar-refractivity contribution >= 4 is 21.8 Å². The zero-order valence-corrected chi connectivity index (χ0v) is 10.1. The Morgan fingerprint density at radius 3 is 3.00 bits per heavy atom. The van der Waals surface area contributed by atoms with Crippen LogP contribution in [0.1, 0.15) is 23.7 Å². The summed E-state index contributed by atoms with van der Waals surface area (Å²) in [5.41, 5.74) is 1.86. The first-order valence-corrected chi connectivity index (χ1v) is 5.65. The molecular weight excluding hydrogens is 258 g/mol. The minimum absolute atomic E-state index is 0.0388. The van der Waals surface area contributed by atoms with E-state index in [1.807, 2.05) is 11.8 Å². The lowest BCUT2D eigenvalue weighted by atomic mass is 10.1. The number of furan rings is 1. The molecule has 1 aromatic heterocycles. The summed E-state index contributed by atoms with van der Waals surface area (Å²) in [6.45, 7) is 3.56. The van der Waals surface area contributed by atoms with Gasteiger partial charge < -0.3 is 9.32 Å². The Bertz CT molecular complexity index is 408. The number of nitrogens with zero attached hydrogens (tertiary/aromatic N) is 1. The number of hydrogen-bond donors (Lipinski definition) is 0. The number of rotatable bonds is 1. The van der Waals surface area contributed by atoms with E-state index in [4.69, 9.17) is 4.42 Å². The molecule has 0 fully saturated rings. The number of amides is 1. The van der Waals surface area contributed by atoms with Gasteiger partial charge in [-0.2, -0.15) is 0 Å². The van der Waals surface area contributed by atoms with Gasteiger partial charge in [0.15, 0.2) is 4.67 Å². The van der Waals surface area contributed by atoms with Crippen LogP contribution in [0.25, 0.3) is 0 Å². The van der Waals surface area contributed by atoms with Crippen molar-refractivity contribution in [2.45, 2.75) is 13.3 Å². The molecule has 2 rings (SSSR count). The van der Waals surface area contributed by atoms with Gasteiger partial charge in [-0.3, -0.25) is 4.79 Å². The van der Waals surface area contributed by atoms with Crippen molar-refractivity contribution in [2.24, 2.45) is 0 Å². The summed E-state index contributed by atoms with van der Waals surface area (Å²) in [7, 11) is 0. The van der Waals surface area contributed by atoms with Crippen molar-refractivity contribution < 1.29 is 9.21 Å². The fraction of sp³-hybridized carbons (Fsp3) is 0.364. The van der Waals surface area contributed by atoms with Crippen molar-refractivity contribution in [3.05, 3.63) is 34.2 Å². The summed E-state index contributed by atoms with van der Waals surface area (Å²) >= 11 is 3.19. The third kappa shape index (κ3) is 2.31. The van der Waals surface area contributed by atoms with Gasteiger partial charge in [-0.15, -0.1) is 0 Å². The van der Waals surface area contributed by atoms with Gasteiger partial charge in [0.05, 0.1) is 5.56 Å². The Morgan fingerprint density at radius 1 is 1.60 bits per heavy atom. The summed E-state index contributed by atoms with van der Waals surface area (Å²) < 4.78 is 5.65. The summed E-state index contributed by atoms with van der Waals surface area (Å²) in [5, 5.41) is 0. The second kappa shape index (κ2) is 4.23. The summed E-state index contributed by atoms with van der Waals surface area (Å²) in [6, 6.07) is 1.70. The van der Waals surface area contributed by atoms with Crippen LogP contribution in [-0.2, 0) is 0 Å². The Hall–Kier alpha value is -1.03. The maximum atomic E-state index is 12.0. The van der Waals surface area contributed by atoms with E-state index in [9.17, 15) is 4.79 Å². The van der Waals surface area contributed by atoms with Crippen LogP contribution < -0.4 is 0 Å². The van der Waals surface area contributed by atoms with Crippen LogP contribution in [0.4, 0.5) is 0 Å². The zero-order valence-electron chi connectivity index (χ0n) is 8.50. The molecule has 0 radical (unpaired) electrons. The Morgan fingerprint density at radius 2 is 2.40 bits per heavy atom. The molecule has 0 bridgehead atoms. The molecule has 4 heteroatoms. The van der Waals surface area contributed by atoms with Crippen molar-refractivity contribution in [3.63, 3.8) is 0 Å². The van der Waals surface area contributed by atoms with Crippen LogP contribution >= 0.6 is 15.9 Å². The van der Waals surface area contributed by atoms with E-state index in [-0.39, 0.29) is 5.91 Å². The van der Waals surface area contributed by atoms with E-state index in [1.165, 1.54) is 11.8 Å². The molecule has 0 aliphatic carbocycles. The lowest BCUT2D eigenvalue weighted by molar-refractivity contribution is 0.0765. The molecule has 1 aromatic rings. The number of carbonyl (C=O) groups is 1. The minimum Gasteiger partial charge on any atom is -0.457 e. The van der Waals surface area contributed by atoms with Gasteiger partial charge in [0.25, 0.3) is 5.91 Å². The quantitative estimate of drug-likeness (QED) is 0.735. The molecular formula is C11H12BrNO2. The average Bonchev–Trinajstić information content (AvgIpc) is 2.64. The van der Waals surface area contributed by atoms with Gasteiger partial charge in [-0.1, -0.05) is 11.6 Å². The molecule has 0 unspecified atom stereocenters. The van der Waals surface area contributed by atoms with Gasteiger partial charge >= 0.3 is 0 Å². The number of carbonyl (C=O) groups excluding carboxylic acids is 1. The first kappa shape index (κ1) is 10.5. The molecule has 0 atom stereocenters. The molecule has 0 aromatic carbocycles. The Balaban J connectivity index is 2.12. The van der Waals surface area contributed by atoms with E-state index in [0.717, 1.165) is 19.5 Å². The maximum absolute atomic E-state index is 12.0. The molecule has 0 N–H and O–H groups in total. The van der Waals surface area contributed by atoms with E-state index in [2.05, 4.69) is 22.0 Å². The summed E-state index contributed by atoms with van der Waals surface area (Å²) in [6.07, 6.45) is 4.60. The highest BCUT2D eigenvalue weighted by Crippen LogP contribution is 2.18. The van der Waals surface area contributed by atoms with Crippen molar-refractivity contribution in [2.75, 3.05) is 13.1 Å². The Kier molecular flexibility index (Phi) is 2.95. The highest BCUT2D eigenvalue weighted by atomic mass is 79.9. The number of hydrogen-bond acceptors (Lipinski definition) is 2. The molecule has 1 amide bonds. The van der Waals surface area contributed by atoms with Crippen molar-refractivity contribution in [1.29, 1.82) is 0 Å². The molecule has 15 heavy (non-hydrogen) atoms. The number of halogens is 1. The van der Waals surface area contributed by atoms with E-state index in [0.29, 0.717) is 10.2 Å². The van der Waals surface area contributed by atoms with Crippen LogP contribution in [0.3, 0.4) is 0 Å². The molecule has 1 aliphatic heterocycles. The van der Waals surface area contributed by atoms with Crippen LogP contribution in [0.5, 0.6) is 0 Å². The normalized spacial score (nSPS) is 16.4. The topological polar surface area (TPSA) is 33.5 Å². The van der Waals surface area contributed by atoms with Gasteiger partial charge in [-0.25, -0.2) is 0 Å². The first-order valence-electron chi connectivity index (χ1n) is 4.86. The SMILES string of the molecule is CC1=CCCN(C(=O)c2coc(Br)c2)C1. The van der Waals surface area contributed by atoms with Gasteiger partial charge in [0, 0.05) is 19.2 Å². The highest BCUT2D eigenvalue weighted by molar-refractivity contribution is 9.10. The molecule has 1 aliphatic rings. The molecule has 0 saturated carbocycles. The lowest BCUT2D eigenvalue weighted by Crippen LogP contribution is -2.35. The fourth-order valence-electron chi connectivity index (χ4n) is 1.69. The van der Waals surface area contributed by atoms with Crippen molar-refractivity contribution in [1.82, 2.24) is 4.90 Å². The van der Waals surface area contributed by atoms with Gasteiger partial charge in [0.1, 0.15) is 6.26 Å². The van der Waals surface area contributed by atoms with Crippen LogP contribution in [0.2, 0.25) is 0 Å². The Labute approximate surface area is 96.9 Å². The van der Waals surface area contributed by atoms with Crippen LogP contribution in [0, 0.1) is 0 Å². The highest BCUT2D eigenvalue weighted by Gasteiger charge is 2.19. The second-order valence-corrected chi connectivity index (χ2v) is 4.49. The standard InChI is InChI=1S/C11H12BrNO2/c1-8-3-2-4-13(6-8)11(14)9-5-10(12)15-7-9/h3,5,7H,2,4,6H2,1H3. The molecule has 3 nitrogen and oxygen atoms in total. The third-order valence-electron chi connectivity index (χ3n) is 2.43. The van der Waals surface area contributed by atoms with E-state index >= 15 is 0 Å². The smallest absolute Gasteiger partial charge is 0.257 e. The van der Waals surface area contributed by atoms with E-state index in [1.54, 1.807) is 6.07 Å². The lowest BCUT2D eigenvalue weighted by Gasteiger charge is -2.25. The van der Waals surface area contributed by atoms with Gasteiger partial charge in [-0.05, 0) is 29.3 Å². The molecule has 0 saturated heterocycles. The monoisotopic (exact) mass is 269 g/mol. The third-order valence-corrected chi connectivity index (χ3v) is 2.85. The van der Waals surface area contributed by atoms with E-state index < -0.39 is 0 Å². The predicted molar refractivity (Wildman–Crippen MR) is 60.7 cm³/mol. The minimum atomic E-state index is 0.0388. The van der Waals surface area contributed by atoms with Crippen LogP contribution in [-0.4, -0.2) is 23.9 Å².